The molecule has 0 aromatic heterocycles. The highest BCUT2D eigenvalue weighted by molar-refractivity contribution is 9.10. The van der Waals surface area contributed by atoms with Gasteiger partial charge in [0, 0.05) is 27.6 Å². The minimum absolute atomic E-state index is 0.0820. The molecule has 0 heterocycles. The molecule has 4 nitrogen and oxygen atoms in total. The van der Waals surface area contributed by atoms with E-state index in [0.29, 0.717) is 21.6 Å². The quantitative estimate of drug-likeness (QED) is 0.887. The Hall–Kier alpha value is -1.07. The molecule has 6 heteroatoms. The zero-order chi connectivity index (χ0) is 14.6. The fourth-order valence-electron chi connectivity index (χ4n) is 1.86. The van der Waals surface area contributed by atoms with Gasteiger partial charge in [0.15, 0.2) is 0 Å². The van der Waals surface area contributed by atoms with Gasteiger partial charge in [-0.05, 0) is 32.0 Å². The molecule has 19 heavy (non-hydrogen) atoms. The Morgan fingerprint density at radius 1 is 1.42 bits per heavy atom. The van der Waals surface area contributed by atoms with Crippen molar-refractivity contribution in [2.45, 2.75) is 26.3 Å². The van der Waals surface area contributed by atoms with Crippen molar-refractivity contribution in [2.75, 3.05) is 6.54 Å². The summed E-state index contributed by atoms with van der Waals surface area (Å²) in [5.41, 5.74) is 0.443. The number of amides is 1. The Balaban J connectivity index is 2.97. The predicted molar refractivity (Wildman–Crippen MR) is 77.6 cm³/mol. The molecule has 1 rings (SSSR count). The molecule has 1 aromatic rings. The van der Waals surface area contributed by atoms with Crippen LogP contribution in [0.4, 0.5) is 0 Å². The van der Waals surface area contributed by atoms with Crippen LogP contribution in [0.3, 0.4) is 0 Å². The summed E-state index contributed by atoms with van der Waals surface area (Å²) in [5, 5.41) is 9.26. The third kappa shape index (κ3) is 4.51. The Kier molecular flexibility index (Phi) is 5.82. The first-order valence-electron chi connectivity index (χ1n) is 5.84. The van der Waals surface area contributed by atoms with Crippen molar-refractivity contribution in [3.05, 3.63) is 33.3 Å². The van der Waals surface area contributed by atoms with Gasteiger partial charge >= 0.3 is 5.97 Å². The molecule has 0 saturated heterocycles. The summed E-state index contributed by atoms with van der Waals surface area (Å²) in [4.78, 5) is 24.6. The summed E-state index contributed by atoms with van der Waals surface area (Å²) < 4.78 is 0.713. The van der Waals surface area contributed by atoms with E-state index in [1.807, 2.05) is 6.92 Å². The van der Waals surface area contributed by atoms with Gasteiger partial charge in [-0.1, -0.05) is 27.5 Å². The van der Waals surface area contributed by atoms with Gasteiger partial charge in [0.25, 0.3) is 5.91 Å². The maximum absolute atomic E-state index is 12.4. The molecular weight excluding hydrogens is 334 g/mol. The number of nitrogens with zero attached hydrogens (tertiary/aromatic N) is 1. The largest absolute Gasteiger partial charge is 0.481 e. The fourth-order valence-corrected chi connectivity index (χ4v) is 2.72. The van der Waals surface area contributed by atoms with E-state index in [-0.39, 0.29) is 18.4 Å². The number of hydrogen-bond donors (Lipinski definition) is 1. The van der Waals surface area contributed by atoms with E-state index in [1.165, 1.54) is 4.90 Å². The van der Waals surface area contributed by atoms with E-state index in [1.54, 1.807) is 25.1 Å². The van der Waals surface area contributed by atoms with Crippen LogP contribution in [0.2, 0.25) is 5.02 Å². The van der Waals surface area contributed by atoms with Gasteiger partial charge in [0.1, 0.15) is 0 Å². The molecule has 1 atom stereocenters. The lowest BCUT2D eigenvalue weighted by Gasteiger charge is -2.27. The average Bonchev–Trinajstić information content (AvgIpc) is 2.27. The van der Waals surface area contributed by atoms with Crippen LogP contribution >= 0.6 is 27.5 Å². The van der Waals surface area contributed by atoms with Crippen molar-refractivity contribution in [3.63, 3.8) is 0 Å². The van der Waals surface area contributed by atoms with Crippen LogP contribution in [0.15, 0.2) is 22.7 Å². The second-order valence-electron chi connectivity index (χ2n) is 4.20. The molecule has 0 radical (unpaired) electrons. The zero-order valence-electron chi connectivity index (χ0n) is 10.7. The normalized spacial score (nSPS) is 12.0. The van der Waals surface area contributed by atoms with Crippen molar-refractivity contribution in [1.82, 2.24) is 4.90 Å². The van der Waals surface area contributed by atoms with E-state index in [4.69, 9.17) is 16.7 Å². The number of carbonyl (C=O) groups excluding carboxylic acids is 1. The molecule has 0 saturated carbocycles. The van der Waals surface area contributed by atoms with Crippen LogP contribution in [-0.4, -0.2) is 34.5 Å². The first kappa shape index (κ1) is 16.0. The lowest BCUT2D eigenvalue weighted by molar-refractivity contribution is -0.138. The van der Waals surface area contributed by atoms with Crippen LogP contribution in [0.5, 0.6) is 0 Å². The highest BCUT2D eigenvalue weighted by atomic mass is 79.9. The molecule has 0 fully saturated rings. The van der Waals surface area contributed by atoms with Crippen molar-refractivity contribution >= 4 is 39.4 Å². The Bertz CT molecular complexity index is 473. The van der Waals surface area contributed by atoms with E-state index in [9.17, 15) is 9.59 Å². The van der Waals surface area contributed by atoms with Crippen LogP contribution in [0.1, 0.15) is 30.6 Å². The summed E-state index contributed by atoms with van der Waals surface area (Å²) in [6.07, 6.45) is -0.0820. The summed E-state index contributed by atoms with van der Waals surface area (Å²) >= 11 is 9.19. The summed E-state index contributed by atoms with van der Waals surface area (Å²) in [6.45, 7) is 3.97. The first-order valence-corrected chi connectivity index (χ1v) is 7.01. The molecule has 104 valence electrons. The van der Waals surface area contributed by atoms with Gasteiger partial charge < -0.3 is 10.0 Å². The summed E-state index contributed by atoms with van der Waals surface area (Å²) in [6, 6.07) is 4.57. The van der Waals surface area contributed by atoms with Crippen molar-refractivity contribution in [3.8, 4) is 0 Å². The third-order valence-corrected chi connectivity index (χ3v) is 3.39. The van der Waals surface area contributed by atoms with Crippen LogP contribution in [0.25, 0.3) is 0 Å². The number of benzene rings is 1. The molecule has 0 spiro atoms. The van der Waals surface area contributed by atoms with Gasteiger partial charge in [0.05, 0.1) is 6.42 Å². The first-order chi connectivity index (χ1) is 8.85. The molecule has 0 aliphatic rings. The van der Waals surface area contributed by atoms with E-state index in [2.05, 4.69) is 15.9 Å². The molecule has 0 aliphatic carbocycles. The lowest BCUT2D eigenvalue weighted by Crippen LogP contribution is -2.39. The smallest absolute Gasteiger partial charge is 0.305 e. The Morgan fingerprint density at radius 2 is 2.05 bits per heavy atom. The van der Waals surface area contributed by atoms with Gasteiger partial charge in [-0.15, -0.1) is 0 Å². The summed E-state index contributed by atoms with van der Waals surface area (Å²) in [5.74, 6) is -1.15. The van der Waals surface area contributed by atoms with Gasteiger partial charge in [-0.3, -0.25) is 9.59 Å². The highest BCUT2D eigenvalue weighted by Gasteiger charge is 2.22. The van der Waals surface area contributed by atoms with Crippen LogP contribution in [0, 0.1) is 0 Å². The highest BCUT2D eigenvalue weighted by Crippen LogP contribution is 2.21. The molecule has 0 bridgehead atoms. The van der Waals surface area contributed by atoms with Crippen molar-refractivity contribution in [2.24, 2.45) is 0 Å². The Labute approximate surface area is 125 Å². The van der Waals surface area contributed by atoms with E-state index in [0.717, 1.165) is 0 Å². The number of hydrogen-bond acceptors (Lipinski definition) is 2. The van der Waals surface area contributed by atoms with Crippen LogP contribution < -0.4 is 0 Å². The minimum Gasteiger partial charge on any atom is -0.481 e. The minimum atomic E-state index is -0.925. The monoisotopic (exact) mass is 347 g/mol. The fraction of sp³-hybridized carbons (Fsp3) is 0.385. The standard InChI is InChI=1S/C13H15BrClNO3/c1-3-16(8(2)4-12(17)18)13(19)9-5-10(14)7-11(15)6-9/h5-8H,3-4H2,1-2H3,(H,17,18). The number of carboxylic acids is 1. The van der Waals surface area contributed by atoms with Gasteiger partial charge in [-0.2, -0.15) is 0 Å². The number of rotatable bonds is 5. The van der Waals surface area contributed by atoms with Gasteiger partial charge in [-0.25, -0.2) is 0 Å². The molecule has 1 amide bonds. The molecule has 1 N–H and O–H groups in total. The number of aliphatic carboxylic acids is 1. The maximum Gasteiger partial charge on any atom is 0.305 e. The van der Waals surface area contributed by atoms with Crippen molar-refractivity contribution < 1.29 is 14.7 Å². The van der Waals surface area contributed by atoms with Gasteiger partial charge in [0.2, 0.25) is 0 Å². The summed E-state index contributed by atoms with van der Waals surface area (Å²) in [7, 11) is 0. The lowest BCUT2D eigenvalue weighted by atomic mass is 10.1. The second-order valence-corrected chi connectivity index (χ2v) is 5.55. The van der Waals surface area contributed by atoms with Crippen LogP contribution in [-0.2, 0) is 4.79 Å². The number of carboxylic acid groups (broad SMARTS) is 1. The maximum atomic E-state index is 12.4. The third-order valence-electron chi connectivity index (χ3n) is 2.71. The average molecular weight is 349 g/mol. The number of carbonyl (C=O) groups is 2. The van der Waals surface area contributed by atoms with Crippen molar-refractivity contribution in [1.29, 1.82) is 0 Å². The Morgan fingerprint density at radius 3 is 2.53 bits per heavy atom. The predicted octanol–water partition coefficient (Wildman–Crippen LogP) is 3.43. The topological polar surface area (TPSA) is 57.6 Å². The second kappa shape index (κ2) is 6.91. The number of halogens is 2. The molecule has 1 unspecified atom stereocenters. The van der Waals surface area contributed by atoms with E-state index >= 15 is 0 Å². The SMILES string of the molecule is CCN(C(=O)c1cc(Cl)cc(Br)c1)C(C)CC(=O)O. The molecule has 1 aromatic carbocycles. The van der Waals surface area contributed by atoms with E-state index < -0.39 is 5.97 Å². The zero-order valence-corrected chi connectivity index (χ0v) is 13.0. The molecular formula is C13H15BrClNO3. The molecule has 0 aliphatic heterocycles.